The summed E-state index contributed by atoms with van der Waals surface area (Å²) in [7, 11) is 0. The standard InChI is InChI=1S/C20H26N4O2.ClH/c25-19(13-16-14-22-18-4-2-1-3-17(16)18)23-9-11-24(12-10-23)20(26)15-5-7-21-8-6-15;/h1-4,14-15,21-22H,5-13H2;1H. The second kappa shape index (κ2) is 8.76. The van der Waals surface area contributed by atoms with E-state index in [1.54, 1.807) is 0 Å². The van der Waals surface area contributed by atoms with E-state index in [1.807, 2.05) is 40.3 Å². The maximum Gasteiger partial charge on any atom is 0.227 e. The minimum atomic E-state index is 0. The Hall–Kier alpha value is -2.05. The van der Waals surface area contributed by atoms with Crippen LogP contribution in [-0.4, -0.2) is 65.9 Å². The average molecular weight is 391 g/mol. The van der Waals surface area contributed by atoms with Gasteiger partial charge in [-0.05, 0) is 37.6 Å². The number of para-hydroxylation sites is 1. The Morgan fingerprint density at radius 3 is 2.41 bits per heavy atom. The Balaban J connectivity index is 0.00000210. The Morgan fingerprint density at radius 2 is 1.67 bits per heavy atom. The molecule has 1 aromatic carbocycles. The molecular weight excluding hydrogens is 364 g/mol. The van der Waals surface area contributed by atoms with E-state index in [0.29, 0.717) is 32.6 Å². The van der Waals surface area contributed by atoms with Gasteiger partial charge in [-0.1, -0.05) is 18.2 Å². The topological polar surface area (TPSA) is 68.4 Å². The fraction of sp³-hybridized carbons (Fsp3) is 0.500. The molecule has 2 aromatic rings. The number of carbonyl (C=O) groups excluding carboxylic acids is 2. The third-order valence-corrected chi connectivity index (χ3v) is 5.65. The summed E-state index contributed by atoms with van der Waals surface area (Å²) >= 11 is 0. The predicted octanol–water partition coefficient (Wildman–Crippen LogP) is 1.80. The largest absolute Gasteiger partial charge is 0.361 e. The summed E-state index contributed by atoms with van der Waals surface area (Å²) in [6, 6.07) is 8.05. The molecule has 3 heterocycles. The highest BCUT2D eigenvalue weighted by molar-refractivity contribution is 5.89. The molecule has 2 N–H and O–H groups in total. The first-order valence-corrected chi connectivity index (χ1v) is 9.54. The molecule has 2 amide bonds. The van der Waals surface area contributed by atoms with Crippen LogP contribution in [0.25, 0.3) is 10.9 Å². The van der Waals surface area contributed by atoms with Crippen LogP contribution in [0.5, 0.6) is 0 Å². The first-order chi connectivity index (χ1) is 12.7. The summed E-state index contributed by atoms with van der Waals surface area (Å²) in [4.78, 5) is 32.4. The molecule has 2 fully saturated rings. The number of rotatable bonds is 3. The SMILES string of the molecule is Cl.O=C(Cc1c[nH]c2ccccc12)N1CCN(C(=O)C2CCNCC2)CC1. The van der Waals surface area contributed by atoms with E-state index in [4.69, 9.17) is 0 Å². The smallest absolute Gasteiger partial charge is 0.227 e. The third kappa shape index (κ3) is 4.28. The predicted molar refractivity (Wildman–Crippen MR) is 108 cm³/mol. The highest BCUT2D eigenvalue weighted by atomic mass is 35.5. The lowest BCUT2D eigenvalue weighted by Crippen LogP contribution is -2.53. The Labute approximate surface area is 165 Å². The van der Waals surface area contributed by atoms with Crippen molar-refractivity contribution in [2.45, 2.75) is 19.3 Å². The van der Waals surface area contributed by atoms with Gasteiger partial charge >= 0.3 is 0 Å². The number of H-pyrrole nitrogens is 1. The Bertz CT molecular complexity index is 792. The van der Waals surface area contributed by atoms with Crippen LogP contribution in [0.3, 0.4) is 0 Å². The van der Waals surface area contributed by atoms with Gasteiger partial charge in [0.05, 0.1) is 6.42 Å². The van der Waals surface area contributed by atoms with Gasteiger partial charge in [0.2, 0.25) is 11.8 Å². The number of hydrogen-bond acceptors (Lipinski definition) is 3. The van der Waals surface area contributed by atoms with Crippen LogP contribution < -0.4 is 5.32 Å². The second-order valence-electron chi connectivity index (χ2n) is 7.27. The monoisotopic (exact) mass is 390 g/mol. The van der Waals surface area contributed by atoms with Crippen molar-refractivity contribution < 1.29 is 9.59 Å². The van der Waals surface area contributed by atoms with E-state index < -0.39 is 0 Å². The molecule has 27 heavy (non-hydrogen) atoms. The Kier molecular flexibility index (Phi) is 6.39. The number of aromatic nitrogens is 1. The molecule has 6 nitrogen and oxygen atoms in total. The van der Waals surface area contributed by atoms with Crippen molar-refractivity contribution in [1.29, 1.82) is 0 Å². The molecule has 0 spiro atoms. The number of nitrogens with one attached hydrogen (secondary N) is 2. The number of nitrogens with zero attached hydrogens (tertiary/aromatic N) is 2. The van der Waals surface area contributed by atoms with Crippen molar-refractivity contribution in [2.75, 3.05) is 39.3 Å². The van der Waals surface area contributed by atoms with Crippen molar-refractivity contribution in [3.05, 3.63) is 36.0 Å². The van der Waals surface area contributed by atoms with E-state index in [9.17, 15) is 9.59 Å². The molecule has 0 radical (unpaired) electrons. The van der Waals surface area contributed by atoms with Gasteiger partial charge in [-0.15, -0.1) is 12.4 Å². The van der Waals surface area contributed by atoms with Crippen LogP contribution in [0.4, 0.5) is 0 Å². The van der Waals surface area contributed by atoms with Crippen molar-refractivity contribution in [1.82, 2.24) is 20.1 Å². The van der Waals surface area contributed by atoms with Crippen molar-refractivity contribution in [3.8, 4) is 0 Å². The average Bonchev–Trinajstić information content (AvgIpc) is 3.11. The minimum Gasteiger partial charge on any atom is -0.361 e. The van der Waals surface area contributed by atoms with Crippen LogP contribution in [-0.2, 0) is 16.0 Å². The van der Waals surface area contributed by atoms with Crippen molar-refractivity contribution >= 4 is 35.1 Å². The Morgan fingerprint density at radius 1 is 1.00 bits per heavy atom. The number of carbonyl (C=O) groups is 2. The van der Waals surface area contributed by atoms with E-state index >= 15 is 0 Å². The normalized spacial score (nSPS) is 18.4. The summed E-state index contributed by atoms with van der Waals surface area (Å²) in [6.45, 7) is 4.44. The van der Waals surface area contributed by atoms with Gasteiger partial charge in [-0.3, -0.25) is 9.59 Å². The van der Waals surface area contributed by atoms with Crippen molar-refractivity contribution in [3.63, 3.8) is 0 Å². The number of aromatic amines is 1. The molecule has 0 saturated carbocycles. The highest BCUT2D eigenvalue weighted by Crippen LogP contribution is 2.20. The van der Waals surface area contributed by atoms with Crippen molar-refractivity contribution in [2.24, 2.45) is 5.92 Å². The molecule has 1 aromatic heterocycles. The summed E-state index contributed by atoms with van der Waals surface area (Å²) < 4.78 is 0. The lowest BCUT2D eigenvalue weighted by Gasteiger charge is -2.37. The van der Waals surface area contributed by atoms with Crippen LogP contribution in [0, 0.1) is 5.92 Å². The highest BCUT2D eigenvalue weighted by Gasteiger charge is 2.29. The van der Waals surface area contributed by atoms with Gasteiger partial charge < -0.3 is 20.1 Å². The van der Waals surface area contributed by atoms with Crippen LogP contribution in [0.2, 0.25) is 0 Å². The zero-order valence-electron chi connectivity index (χ0n) is 15.4. The van der Waals surface area contributed by atoms with Gasteiger partial charge in [-0.2, -0.15) is 0 Å². The molecular formula is C20H27ClN4O2. The maximum absolute atomic E-state index is 12.7. The van der Waals surface area contributed by atoms with E-state index in [-0.39, 0.29) is 30.1 Å². The quantitative estimate of drug-likeness (QED) is 0.839. The molecule has 2 saturated heterocycles. The second-order valence-corrected chi connectivity index (χ2v) is 7.27. The van der Waals surface area contributed by atoms with Gasteiger partial charge in [0, 0.05) is 49.2 Å². The van der Waals surface area contributed by atoms with E-state index in [0.717, 1.165) is 42.4 Å². The fourth-order valence-electron chi connectivity index (χ4n) is 4.06. The van der Waals surface area contributed by atoms with Gasteiger partial charge in [0.25, 0.3) is 0 Å². The first-order valence-electron chi connectivity index (χ1n) is 9.54. The fourth-order valence-corrected chi connectivity index (χ4v) is 4.06. The summed E-state index contributed by atoms with van der Waals surface area (Å²) in [5, 5.41) is 4.41. The molecule has 4 rings (SSSR count). The molecule has 0 atom stereocenters. The molecule has 146 valence electrons. The lowest BCUT2D eigenvalue weighted by molar-refractivity contribution is -0.142. The summed E-state index contributed by atoms with van der Waals surface area (Å²) in [5.41, 5.74) is 2.10. The van der Waals surface area contributed by atoms with Crippen LogP contribution >= 0.6 is 12.4 Å². The molecule has 0 bridgehead atoms. The molecule has 0 aliphatic carbocycles. The number of amides is 2. The number of benzene rings is 1. The van der Waals surface area contributed by atoms with E-state index in [2.05, 4.69) is 10.3 Å². The number of piperazine rings is 1. The molecule has 0 unspecified atom stereocenters. The van der Waals surface area contributed by atoms with Gasteiger partial charge in [0.1, 0.15) is 0 Å². The zero-order valence-corrected chi connectivity index (χ0v) is 16.3. The number of halogens is 1. The number of fused-ring (bicyclic) bond motifs is 1. The van der Waals surface area contributed by atoms with Gasteiger partial charge in [-0.25, -0.2) is 0 Å². The maximum atomic E-state index is 12.7. The van der Waals surface area contributed by atoms with Crippen LogP contribution in [0.1, 0.15) is 18.4 Å². The van der Waals surface area contributed by atoms with Crippen LogP contribution in [0.15, 0.2) is 30.5 Å². The summed E-state index contributed by atoms with van der Waals surface area (Å²) in [5.74, 6) is 0.573. The molecule has 7 heteroatoms. The number of hydrogen-bond donors (Lipinski definition) is 2. The number of piperidine rings is 1. The minimum absolute atomic E-state index is 0. The lowest BCUT2D eigenvalue weighted by atomic mass is 9.96. The van der Waals surface area contributed by atoms with Gasteiger partial charge in [0.15, 0.2) is 0 Å². The molecule has 2 aliphatic heterocycles. The summed E-state index contributed by atoms with van der Waals surface area (Å²) in [6.07, 6.45) is 4.20. The first kappa shape index (κ1) is 19.7. The molecule has 2 aliphatic rings. The third-order valence-electron chi connectivity index (χ3n) is 5.65. The van der Waals surface area contributed by atoms with E-state index in [1.165, 1.54) is 0 Å². The zero-order chi connectivity index (χ0) is 17.9.